The number of pyridine rings is 1. The predicted molar refractivity (Wildman–Crippen MR) is 82.4 cm³/mol. The molecule has 0 bridgehead atoms. The van der Waals surface area contributed by atoms with Crippen molar-refractivity contribution in [3.63, 3.8) is 0 Å². The van der Waals surface area contributed by atoms with Gasteiger partial charge in [-0.3, -0.25) is 0 Å². The lowest BCUT2D eigenvalue weighted by Gasteiger charge is -2.16. The summed E-state index contributed by atoms with van der Waals surface area (Å²) in [6.45, 7) is 1.95. The van der Waals surface area contributed by atoms with E-state index in [1.807, 2.05) is 31.2 Å². The fraction of sp³-hybridized carbons (Fsp3) is 0.143. The van der Waals surface area contributed by atoms with Crippen LogP contribution in [0.1, 0.15) is 28.9 Å². The molecular weight excluding hydrogens is 344 g/mol. The van der Waals surface area contributed by atoms with E-state index >= 15 is 0 Å². The molecule has 0 radical (unpaired) electrons. The molecule has 2 rings (SSSR count). The molecule has 4 nitrogen and oxygen atoms in total. The Hall–Kier alpha value is -1.59. The van der Waals surface area contributed by atoms with Crippen molar-refractivity contribution in [2.75, 3.05) is 5.32 Å². The van der Waals surface area contributed by atoms with Crippen molar-refractivity contribution in [3.05, 3.63) is 57.2 Å². The monoisotopic (exact) mass is 354 g/mol. The summed E-state index contributed by atoms with van der Waals surface area (Å²) in [5, 5.41) is 12.3. The average molecular weight is 356 g/mol. The summed E-state index contributed by atoms with van der Waals surface area (Å²) < 4.78 is 0.974. The van der Waals surface area contributed by atoms with Crippen LogP contribution in [0.15, 0.2) is 41.0 Å². The summed E-state index contributed by atoms with van der Waals surface area (Å²) in [7, 11) is 0. The maximum absolute atomic E-state index is 11.0. The highest BCUT2D eigenvalue weighted by Gasteiger charge is 2.15. The number of nitrogens with one attached hydrogen (secondary N) is 1. The van der Waals surface area contributed by atoms with Crippen molar-refractivity contribution in [3.8, 4) is 0 Å². The third-order valence-electron chi connectivity index (χ3n) is 2.82. The van der Waals surface area contributed by atoms with Crippen molar-refractivity contribution in [2.24, 2.45) is 0 Å². The highest BCUT2D eigenvalue weighted by Crippen LogP contribution is 2.28. The van der Waals surface area contributed by atoms with E-state index in [4.69, 9.17) is 16.7 Å². The number of nitrogens with zero attached hydrogens (tertiary/aromatic N) is 1. The predicted octanol–water partition coefficient (Wildman–Crippen LogP) is 4.37. The Kier molecular flexibility index (Phi) is 4.62. The quantitative estimate of drug-likeness (QED) is 0.855. The molecule has 2 aromatic rings. The molecule has 1 heterocycles. The summed E-state index contributed by atoms with van der Waals surface area (Å²) in [5.74, 6) is -0.713. The standard InChI is InChI=1S/C14H12BrClN2O2/c1-8(9-3-2-4-10(15)7-9)18-13-12(16)11(14(19)20)5-6-17-13/h2-8H,1H3,(H,17,18)(H,19,20). The van der Waals surface area contributed by atoms with Crippen LogP contribution in [0, 0.1) is 0 Å². The van der Waals surface area contributed by atoms with Crippen molar-refractivity contribution in [1.82, 2.24) is 4.98 Å². The Morgan fingerprint density at radius 1 is 1.45 bits per heavy atom. The van der Waals surface area contributed by atoms with Crippen molar-refractivity contribution in [1.29, 1.82) is 0 Å². The van der Waals surface area contributed by atoms with Gasteiger partial charge in [-0.05, 0) is 30.7 Å². The Morgan fingerprint density at radius 2 is 2.20 bits per heavy atom. The van der Waals surface area contributed by atoms with Crippen LogP contribution in [0.5, 0.6) is 0 Å². The molecule has 0 aliphatic carbocycles. The number of hydrogen-bond acceptors (Lipinski definition) is 3. The molecule has 1 aromatic carbocycles. The number of rotatable bonds is 4. The van der Waals surface area contributed by atoms with Crippen molar-refractivity contribution < 1.29 is 9.90 Å². The molecule has 0 amide bonds. The smallest absolute Gasteiger partial charge is 0.337 e. The summed E-state index contributed by atoms with van der Waals surface area (Å²) in [5.41, 5.74) is 1.07. The molecule has 104 valence electrons. The summed E-state index contributed by atoms with van der Waals surface area (Å²) in [6.07, 6.45) is 1.42. The van der Waals surface area contributed by atoms with Gasteiger partial charge < -0.3 is 10.4 Å². The van der Waals surface area contributed by atoms with Crippen LogP contribution >= 0.6 is 27.5 Å². The molecule has 1 unspecified atom stereocenters. The Labute approximate surface area is 129 Å². The van der Waals surface area contributed by atoms with E-state index in [1.54, 1.807) is 0 Å². The largest absolute Gasteiger partial charge is 0.478 e. The molecule has 0 saturated heterocycles. The maximum atomic E-state index is 11.0. The van der Waals surface area contributed by atoms with E-state index in [0.29, 0.717) is 5.82 Å². The number of aromatic nitrogens is 1. The first kappa shape index (κ1) is 14.8. The second-order valence-corrected chi connectivity index (χ2v) is 5.54. The molecule has 0 fully saturated rings. The lowest BCUT2D eigenvalue weighted by molar-refractivity contribution is 0.0697. The van der Waals surface area contributed by atoms with Crippen LogP contribution < -0.4 is 5.32 Å². The van der Waals surface area contributed by atoms with Gasteiger partial charge in [0.1, 0.15) is 5.82 Å². The van der Waals surface area contributed by atoms with E-state index in [1.165, 1.54) is 12.3 Å². The van der Waals surface area contributed by atoms with Crippen LogP contribution in [0.3, 0.4) is 0 Å². The first-order valence-electron chi connectivity index (χ1n) is 5.89. The number of aromatic carboxylic acids is 1. The minimum absolute atomic E-state index is 0.0330. The first-order chi connectivity index (χ1) is 9.49. The number of halogens is 2. The van der Waals surface area contributed by atoms with Gasteiger partial charge in [0, 0.05) is 10.7 Å². The summed E-state index contributed by atoms with van der Waals surface area (Å²) in [6, 6.07) is 9.14. The van der Waals surface area contributed by atoms with Crippen LogP contribution in [-0.2, 0) is 0 Å². The van der Waals surface area contributed by atoms with E-state index in [9.17, 15) is 4.79 Å². The lowest BCUT2D eigenvalue weighted by atomic mass is 10.1. The van der Waals surface area contributed by atoms with Crippen LogP contribution in [0.2, 0.25) is 5.02 Å². The molecule has 2 N–H and O–H groups in total. The minimum Gasteiger partial charge on any atom is -0.478 e. The second-order valence-electron chi connectivity index (χ2n) is 4.25. The number of anilines is 1. The number of carboxylic acids is 1. The molecule has 0 saturated carbocycles. The van der Waals surface area contributed by atoms with Gasteiger partial charge in [0.05, 0.1) is 16.6 Å². The van der Waals surface area contributed by atoms with Gasteiger partial charge in [-0.1, -0.05) is 39.7 Å². The molecule has 0 aliphatic heterocycles. The summed E-state index contributed by atoms with van der Waals surface area (Å²) >= 11 is 9.47. The molecular formula is C14H12BrClN2O2. The lowest BCUT2D eigenvalue weighted by Crippen LogP contribution is -2.10. The van der Waals surface area contributed by atoms with Crippen LogP contribution in [0.25, 0.3) is 0 Å². The van der Waals surface area contributed by atoms with Gasteiger partial charge in [-0.2, -0.15) is 0 Å². The normalized spacial score (nSPS) is 11.9. The maximum Gasteiger partial charge on any atom is 0.337 e. The fourth-order valence-electron chi connectivity index (χ4n) is 1.77. The van der Waals surface area contributed by atoms with Gasteiger partial charge in [-0.15, -0.1) is 0 Å². The molecule has 1 atom stereocenters. The van der Waals surface area contributed by atoms with Crippen molar-refractivity contribution >= 4 is 39.3 Å². The highest BCUT2D eigenvalue weighted by molar-refractivity contribution is 9.10. The average Bonchev–Trinajstić information content (AvgIpc) is 2.40. The minimum atomic E-state index is -1.07. The van der Waals surface area contributed by atoms with E-state index in [0.717, 1.165) is 10.0 Å². The molecule has 0 spiro atoms. The van der Waals surface area contributed by atoms with Crippen LogP contribution in [0.4, 0.5) is 5.82 Å². The Balaban J connectivity index is 2.26. The van der Waals surface area contributed by atoms with Crippen molar-refractivity contribution in [2.45, 2.75) is 13.0 Å². The van der Waals surface area contributed by atoms with Gasteiger partial charge in [0.15, 0.2) is 0 Å². The SMILES string of the molecule is CC(Nc1nccc(C(=O)O)c1Cl)c1cccc(Br)c1. The number of hydrogen-bond donors (Lipinski definition) is 2. The van der Waals surface area contributed by atoms with Gasteiger partial charge in [0.25, 0.3) is 0 Å². The van der Waals surface area contributed by atoms with E-state index in [2.05, 4.69) is 26.2 Å². The van der Waals surface area contributed by atoms with E-state index < -0.39 is 5.97 Å². The highest BCUT2D eigenvalue weighted by atomic mass is 79.9. The number of carboxylic acid groups (broad SMARTS) is 1. The topological polar surface area (TPSA) is 62.2 Å². The first-order valence-corrected chi connectivity index (χ1v) is 7.06. The Bertz CT molecular complexity index is 649. The third-order valence-corrected chi connectivity index (χ3v) is 3.70. The molecule has 20 heavy (non-hydrogen) atoms. The van der Waals surface area contributed by atoms with Gasteiger partial charge >= 0.3 is 5.97 Å². The zero-order valence-corrected chi connectivity index (χ0v) is 12.9. The zero-order valence-electron chi connectivity index (χ0n) is 10.6. The van der Waals surface area contributed by atoms with Gasteiger partial charge in [0.2, 0.25) is 0 Å². The van der Waals surface area contributed by atoms with E-state index in [-0.39, 0.29) is 16.6 Å². The van der Waals surface area contributed by atoms with Gasteiger partial charge in [-0.25, -0.2) is 9.78 Å². The molecule has 6 heteroatoms. The Morgan fingerprint density at radius 3 is 2.85 bits per heavy atom. The summed E-state index contributed by atoms with van der Waals surface area (Å²) in [4.78, 5) is 15.1. The third kappa shape index (κ3) is 3.29. The fourth-order valence-corrected chi connectivity index (χ4v) is 2.44. The number of carbonyl (C=O) groups is 1. The molecule has 1 aromatic heterocycles. The zero-order chi connectivity index (χ0) is 14.7. The molecule has 0 aliphatic rings. The second kappa shape index (κ2) is 6.24. The van der Waals surface area contributed by atoms with Crippen LogP contribution in [-0.4, -0.2) is 16.1 Å². The number of benzene rings is 1.